The van der Waals surface area contributed by atoms with Gasteiger partial charge in [0.15, 0.2) is 5.78 Å². The molecule has 2 atom stereocenters. The number of carbonyl (C=O) groups is 2. The van der Waals surface area contributed by atoms with Gasteiger partial charge in [0.2, 0.25) is 5.91 Å². The number of carbonyl (C=O) groups excluding carboxylic acids is 2. The zero-order valence-corrected chi connectivity index (χ0v) is 11.8. The maximum Gasteiger partial charge on any atom is 0.242 e. The fourth-order valence-electron chi connectivity index (χ4n) is 1.70. The Balaban J connectivity index is 2.61. The summed E-state index contributed by atoms with van der Waals surface area (Å²) in [7, 11) is 0. The van der Waals surface area contributed by atoms with Crippen LogP contribution >= 0.6 is 0 Å². The molecule has 0 aliphatic carbocycles. The average Bonchev–Trinajstić information content (AvgIpc) is 2.73. The van der Waals surface area contributed by atoms with E-state index < -0.39 is 6.04 Å². The lowest BCUT2D eigenvalue weighted by atomic mass is 10.0. The molecule has 0 aromatic carbocycles. The van der Waals surface area contributed by atoms with E-state index in [4.69, 9.17) is 5.73 Å². The minimum absolute atomic E-state index is 0.0240. The zero-order valence-electron chi connectivity index (χ0n) is 11.8. The molecule has 1 amide bonds. The Morgan fingerprint density at radius 3 is 2.47 bits per heavy atom. The first kappa shape index (κ1) is 15.3. The molecule has 2 unspecified atom stereocenters. The van der Waals surface area contributed by atoms with Crippen molar-refractivity contribution in [2.45, 2.75) is 46.3 Å². The summed E-state index contributed by atoms with van der Waals surface area (Å²) in [6.07, 6.45) is 1.63. The minimum Gasteiger partial charge on any atom is -0.344 e. The number of aromatic nitrogens is 3. The lowest BCUT2D eigenvalue weighted by Crippen LogP contribution is -2.44. The highest BCUT2D eigenvalue weighted by atomic mass is 16.2. The highest BCUT2D eigenvalue weighted by Gasteiger charge is 2.20. The van der Waals surface area contributed by atoms with Crippen LogP contribution in [0.2, 0.25) is 0 Å². The third kappa shape index (κ3) is 4.44. The smallest absolute Gasteiger partial charge is 0.242 e. The Bertz CT molecular complexity index is 453. The van der Waals surface area contributed by atoms with E-state index in [0.717, 1.165) is 0 Å². The van der Waals surface area contributed by atoms with Gasteiger partial charge in [-0.05, 0) is 19.8 Å². The SMILES string of the molecule is CC(=O)C(NC(=O)Cn1cc(C(C)N)nn1)C(C)C. The Kier molecular flexibility index (Phi) is 5.17. The number of hydrogen-bond donors (Lipinski definition) is 2. The number of Topliss-reactive ketones (excluding diaryl/α,β-unsaturated/α-hetero) is 1. The zero-order chi connectivity index (χ0) is 14.6. The van der Waals surface area contributed by atoms with Crippen molar-refractivity contribution in [2.75, 3.05) is 0 Å². The molecule has 19 heavy (non-hydrogen) atoms. The minimum atomic E-state index is -0.469. The van der Waals surface area contributed by atoms with Crippen molar-refractivity contribution in [3.63, 3.8) is 0 Å². The molecule has 7 heteroatoms. The van der Waals surface area contributed by atoms with E-state index in [9.17, 15) is 9.59 Å². The molecule has 0 spiro atoms. The summed E-state index contributed by atoms with van der Waals surface area (Å²) in [5.74, 6) is -0.273. The first-order valence-electron chi connectivity index (χ1n) is 6.26. The highest BCUT2D eigenvalue weighted by Crippen LogP contribution is 2.05. The van der Waals surface area contributed by atoms with E-state index in [-0.39, 0.29) is 30.2 Å². The predicted octanol–water partition coefficient (Wildman–Crippen LogP) is 0.0276. The van der Waals surface area contributed by atoms with Crippen LogP contribution in [0.25, 0.3) is 0 Å². The van der Waals surface area contributed by atoms with Crippen molar-refractivity contribution < 1.29 is 9.59 Å². The number of nitrogens with zero attached hydrogens (tertiary/aromatic N) is 3. The monoisotopic (exact) mass is 267 g/mol. The average molecular weight is 267 g/mol. The molecule has 106 valence electrons. The van der Waals surface area contributed by atoms with Crippen LogP contribution in [0.1, 0.15) is 39.4 Å². The van der Waals surface area contributed by atoms with Crippen LogP contribution in [0.4, 0.5) is 0 Å². The van der Waals surface area contributed by atoms with Crippen molar-refractivity contribution >= 4 is 11.7 Å². The van der Waals surface area contributed by atoms with Gasteiger partial charge in [-0.2, -0.15) is 0 Å². The fourth-order valence-corrected chi connectivity index (χ4v) is 1.70. The molecule has 0 fully saturated rings. The van der Waals surface area contributed by atoms with Gasteiger partial charge in [0.25, 0.3) is 0 Å². The largest absolute Gasteiger partial charge is 0.344 e. The molecule has 0 bridgehead atoms. The summed E-state index contributed by atoms with van der Waals surface area (Å²) >= 11 is 0. The summed E-state index contributed by atoms with van der Waals surface area (Å²) in [6, 6.07) is -0.693. The maximum atomic E-state index is 11.8. The molecule has 0 saturated carbocycles. The van der Waals surface area contributed by atoms with Crippen LogP contribution in [0.15, 0.2) is 6.20 Å². The normalized spacial score (nSPS) is 14.2. The van der Waals surface area contributed by atoms with Crippen molar-refractivity contribution in [3.8, 4) is 0 Å². The van der Waals surface area contributed by atoms with Gasteiger partial charge in [-0.1, -0.05) is 19.1 Å². The molecule has 1 heterocycles. The van der Waals surface area contributed by atoms with E-state index in [1.807, 2.05) is 13.8 Å². The van der Waals surface area contributed by atoms with Crippen LogP contribution in [-0.2, 0) is 16.1 Å². The van der Waals surface area contributed by atoms with Gasteiger partial charge in [-0.3, -0.25) is 9.59 Å². The summed E-state index contributed by atoms with van der Waals surface area (Å²) in [5, 5.41) is 10.4. The Morgan fingerprint density at radius 2 is 2.05 bits per heavy atom. The molecule has 3 N–H and O–H groups in total. The lowest BCUT2D eigenvalue weighted by molar-refractivity contribution is -0.128. The molecule has 1 rings (SSSR count). The number of rotatable bonds is 6. The van der Waals surface area contributed by atoms with Crippen molar-refractivity contribution in [3.05, 3.63) is 11.9 Å². The van der Waals surface area contributed by atoms with Gasteiger partial charge < -0.3 is 11.1 Å². The first-order valence-corrected chi connectivity index (χ1v) is 6.26. The van der Waals surface area contributed by atoms with Crippen LogP contribution in [0, 0.1) is 5.92 Å². The molecule has 7 nitrogen and oxygen atoms in total. The number of ketones is 1. The van der Waals surface area contributed by atoms with Crippen LogP contribution in [-0.4, -0.2) is 32.7 Å². The van der Waals surface area contributed by atoms with E-state index in [2.05, 4.69) is 15.6 Å². The lowest BCUT2D eigenvalue weighted by Gasteiger charge is -2.19. The van der Waals surface area contributed by atoms with E-state index in [1.54, 1.807) is 13.1 Å². The quantitative estimate of drug-likeness (QED) is 0.756. The summed E-state index contributed by atoms with van der Waals surface area (Å²) in [4.78, 5) is 23.2. The molecular weight excluding hydrogens is 246 g/mol. The Labute approximate surface area is 112 Å². The van der Waals surface area contributed by atoms with E-state index >= 15 is 0 Å². The van der Waals surface area contributed by atoms with E-state index in [0.29, 0.717) is 5.69 Å². The van der Waals surface area contributed by atoms with Gasteiger partial charge in [-0.15, -0.1) is 5.10 Å². The van der Waals surface area contributed by atoms with Gasteiger partial charge in [-0.25, -0.2) is 4.68 Å². The van der Waals surface area contributed by atoms with Gasteiger partial charge in [0.1, 0.15) is 6.54 Å². The molecule has 0 saturated heterocycles. The standard InChI is InChI=1S/C12H21N5O2/c1-7(2)12(9(4)18)14-11(19)6-17-5-10(8(3)13)15-16-17/h5,7-8,12H,6,13H2,1-4H3,(H,14,19). The third-order valence-electron chi connectivity index (χ3n) is 2.75. The second-order valence-corrected chi connectivity index (χ2v) is 5.03. The summed E-state index contributed by atoms with van der Waals surface area (Å²) in [6.45, 7) is 7.05. The highest BCUT2D eigenvalue weighted by molar-refractivity contribution is 5.87. The van der Waals surface area contributed by atoms with Crippen molar-refractivity contribution in [2.24, 2.45) is 11.7 Å². The van der Waals surface area contributed by atoms with Gasteiger partial charge in [0.05, 0.1) is 17.9 Å². The van der Waals surface area contributed by atoms with Crippen molar-refractivity contribution in [1.29, 1.82) is 0 Å². The van der Waals surface area contributed by atoms with Crippen molar-refractivity contribution in [1.82, 2.24) is 20.3 Å². The number of amides is 1. The molecule has 1 aromatic heterocycles. The molecule has 0 radical (unpaired) electrons. The third-order valence-corrected chi connectivity index (χ3v) is 2.75. The molecule has 1 aromatic rings. The molecule has 0 aliphatic heterocycles. The van der Waals surface area contributed by atoms with Gasteiger partial charge >= 0.3 is 0 Å². The topological polar surface area (TPSA) is 103 Å². The van der Waals surface area contributed by atoms with Crippen LogP contribution in [0.3, 0.4) is 0 Å². The number of nitrogens with one attached hydrogen (secondary N) is 1. The summed E-state index contributed by atoms with van der Waals surface area (Å²) in [5.41, 5.74) is 6.28. The van der Waals surface area contributed by atoms with E-state index in [1.165, 1.54) is 11.6 Å². The Morgan fingerprint density at radius 1 is 1.42 bits per heavy atom. The fraction of sp³-hybridized carbons (Fsp3) is 0.667. The maximum absolute atomic E-state index is 11.8. The second-order valence-electron chi connectivity index (χ2n) is 5.03. The Hall–Kier alpha value is -1.76. The molecule has 0 aliphatic rings. The number of nitrogens with two attached hydrogens (primary N) is 1. The first-order chi connectivity index (χ1) is 8.81. The predicted molar refractivity (Wildman–Crippen MR) is 70.1 cm³/mol. The second kappa shape index (κ2) is 6.42. The van der Waals surface area contributed by atoms with Crippen LogP contribution < -0.4 is 11.1 Å². The van der Waals surface area contributed by atoms with Gasteiger partial charge in [0, 0.05) is 6.04 Å². The number of hydrogen-bond acceptors (Lipinski definition) is 5. The summed E-state index contributed by atoms with van der Waals surface area (Å²) < 4.78 is 1.41. The molecular formula is C12H21N5O2. The van der Waals surface area contributed by atoms with Crippen LogP contribution in [0.5, 0.6) is 0 Å².